The summed E-state index contributed by atoms with van der Waals surface area (Å²) in [7, 11) is -4.15. The molecule has 2 unspecified atom stereocenters. The van der Waals surface area contributed by atoms with Crippen LogP contribution in [0.15, 0.2) is 47.4 Å². The van der Waals surface area contributed by atoms with Gasteiger partial charge in [-0.05, 0) is 65.8 Å². The first kappa shape index (κ1) is 26.3. The Morgan fingerprint density at radius 3 is 2.00 bits per heavy atom. The molecule has 0 saturated carbocycles. The van der Waals surface area contributed by atoms with E-state index in [4.69, 9.17) is 23.1 Å². The number of carbonyl (C=O) groups excluding carboxylic acids is 2. The maximum absolute atomic E-state index is 13.6. The Hall–Kier alpha value is -3.57. The van der Waals surface area contributed by atoms with Crippen molar-refractivity contribution in [2.24, 2.45) is 0 Å². The summed E-state index contributed by atoms with van der Waals surface area (Å²) in [4.78, 5) is 24.1. The molecule has 4 aliphatic heterocycles. The molecule has 3 aromatic rings. The van der Waals surface area contributed by atoms with Crippen LogP contribution in [-0.2, 0) is 65.7 Å². The average molecular weight is 577 g/mol. The first-order valence-electron chi connectivity index (χ1n) is 13.7. The quantitative estimate of drug-likeness (QED) is 0.314. The van der Waals surface area contributed by atoms with E-state index in [0.29, 0.717) is 49.2 Å². The Labute approximate surface area is 237 Å². The molecule has 10 heteroatoms. The average Bonchev–Trinajstić information content (AvgIpc) is 3.54. The van der Waals surface area contributed by atoms with Gasteiger partial charge in [0.1, 0.15) is 19.3 Å². The van der Waals surface area contributed by atoms with Crippen molar-refractivity contribution < 1.29 is 41.1 Å². The van der Waals surface area contributed by atoms with Crippen LogP contribution in [0.25, 0.3) is 0 Å². The van der Waals surface area contributed by atoms with E-state index in [-0.39, 0.29) is 42.8 Å². The summed E-state index contributed by atoms with van der Waals surface area (Å²) in [5, 5.41) is 0. The largest absolute Gasteiger partial charge is 0.457 e. The fourth-order valence-corrected chi connectivity index (χ4v) is 7.51. The van der Waals surface area contributed by atoms with Gasteiger partial charge in [0.15, 0.2) is 0 Å². The number of carbonyl (C=O) groups is 2. The van der Waals surface area contributed by atoms with E-state index in [1.165, 1.54) is 0 Å². The molecule has 7 rings (SSSR count). The molecule has 0 spiro atoms. The number of aryl methyl sites for hydroxylation is 1. The van der Waals surface area contributed by atoms with Crippen molar-refractivity contribution in [3.8, 4) is 0 Å². The van der Waals surface area contributed by atoms with Gasteiger partial charge in [0.05, 0.1) is 41.9 Å². The van der Waals surface area contributed by atoms with Crippen LogP contribution in [0, 0.1) is 6.92 Å². The fraction of sp³-hybridized carbons (Fsp3) is 0.355. The second-order valence-electron chi connectivity index (χ2n) is 10.7. The van der Waals surface area contributed by atoms with Crippen LogP contribution >= 0.6 is 0 Å². The van der Waals surface area contributed by atoms with Gasteiger partial charge in [0, 0.05) is 17.5 Å². The fourth-order valence-electron chi connectivity index (χ4n) is 6.38. The summed E-state index contributed by atoms with van der Waals surface area (Å²) in [5.74, 6) is -0.654. The van der Waals surface area contributed by atoms with Gasteiger partial charge in [-0.1, -0.05) is 29.8 Å². The first-order valence-corrected chi connectivity index (χ1v) is 15.1. The third kappa shape index (κ3) is 4.55. The van der Waals surface area contributed by atoms with Crippen LogP contribution in [0.4, 0.5) is 0 Å². The molecular weight excluding hydrogens is 548 g/mol. The maximum atomic E-state index is 13.6. The Balaban J connectivity index is 1.14. The molecule has 0 aliphatic carbocycles. The third-order valence-corrected chi connectivity index (χ3v) is 9.75. The van der Waals surface area contributed by atoms with Crippen LogP contribution < -0.4 is 0 Å². The topological polar surface area (TPSA) is 114 Å². The van der Waals surface area contributed by atoms with E-state index in [0.717, 1.165) is 38.9 Å². The molecule has 0 bridgehead atoms. The van der Waals surface area contributed by atoms with Gasteiger partial charge in [-0.3, -0.25) is 4.18 Å². The van der Waals surface area contributed by atoms with E-state index in [9.17, 15) is 18.0 Å². The molecule has 0 amide bonds. The van der Waals surface area contributed by atoms with Crippen molar-refractivity contribution in [3.05, 3.63) is 98.1 Å². The van der Waals surface area contributed by atoms with Crippen molar-refractivity contribution in [1.82, 2.24) is 0 Å². The van der Waals surface area contributed by atoms with Gasteiger partial charge in [-0.15, -0.1) is 0 Å². The zero-order valence-electron chi connectivity index (χ0n) is 22.4. The molecule has 0 aromatic heterocycles. The molecule has 0 radical (unpaired) electrons. The van der Waals surface area contributed by atoms with Crippen molar-refractivity contribution >= 4 is 22.1 Å². The highest BCUT2D eigenvalue weighted by atomic mass is 32.2. The van der Waals surface area contributed by atoms with E-state index in [1.807, 2.05) is 19.1 Å². The number of fused-ring (bicyclic) bond motifs is 6. The molecule has 212 valence electrons. The highest BCUT2D eigenvalue weighted by Gasteiger charge is 2.34. The maximum Gasteiger partial charge on any atom is 0.338 e. The molecular formula is C31H28O9S. The summed E-state index contributed by atoms with van der Waals surface area (Å²) in [6.45, 7) is 3.03. The van der Waals surface area contributed by atoms with Crippen LogP contribution in [0.1, 0.15) is 77.4 Å². The van der Waals surface area contributed by atoms with Crippen molar-refractivity contribution in [2.75, 3.05) is 19.8 Å². The molecule has 41 heavy (non-hydrogen) atoms. The smallest absolute Gasteiger partial charge is 0.338 e. The predicted molar refractivity (Wildman–Crippen MR) is 144 cm³/mol. The molecule has 9 nitrogen and oxygen atoms in total. The van der Waals surface area contributed by atoms with Gasteiger partial charge in [0.2, 0.25) is 0 Å². The number of rotatable bonds is 6. The molecule has 3 aromatic carbocycles. The Bertz CT molecular complexity index is 1710. The van der Waals surface area contributed by atoms with Gasteiger partial charge < -0.3 is 18.9 Å². The number of esters is 2. The minimum atomic E-state index is -4.15. The lowest BCUT2D eigenvalue weighted by molar-refractivity contribution is 0.0113. The van der Waals surface area contributed by atoms with Crippen molar-refractivity contribution in [3.63, 3.8) is 0 Å². The lowest BCUT2D eigenvalue weighted by atomic mass is 9.88. The number of hydrogen-bond donors (Lipinski definition) is 0. The van der Waals surface area contributed by atoms with Crippen LogP contribution in [-0.4, -0.2) is 40.2 Å². The monoisotopic (exact) mass is 576 g/mol. The van der Waals surface area contributed by atoms with Crippen LogP contribution in [0.2, 0.25) is 0 Å². The summed E-state index contributed by atoms with van der Waals surface area (Å²) in [5.41, 5.74) is 8.17. The zero-order chi connectivity index (χ0) is 28.3. The van der Waals surface area contributed by atoms with Gasteiger partial charge in [-0.2, -0.15) is 8.42 Å². The van der Waals surface area contributed by atoms with Gasteiger partial charge >= 0.3 is 11.9 Å². The second kappa shape index (κ2) is 10.1. The van der Waals surface area contributed by atoms with E-state index >= 15 is 0 Å². The lowest BCUT2D eigenvalue weighted by Crippen LogP contribution is -2.24. The van der Waals surface area contributed by atoms with Gasteiger partial charge in [0.25, 0.3) is 10.1 Å². The van der Waals surface area contributed by atoms with Crippen molar-refractivity contribution in [2.45, 2.75) is 56.5 Å². The molecule has 2 atom stereocenters. The number of ether oxygens (including phenoxy) is 4. The van der Waals surface area contributed by atoms with Crippen LogP contribution in [0.3, 0.4) is 0 Å². The molecule has 0 N–H and O–H groups in total. The normalized spacial score (nSPS) is 21.0. The lowest BCUT2D eigenvalue weighted by Gasteiger charge is -2.28. The Kier molecular flexibility index (Phi) is 6.46. The van der Waals surface area contributed by atoms with E-state index in [2.05, 4.69) is 0 Å². The van der Waals surface area contributed by atoms with E-state index < -0.39 is 16.2 Å². The highest BCUT2D eigenvalue weighted by molar-refractivity contribution is 7.86. The minimum absolute atomic E-state index is 0.0856. The SMILES string of the molecule is Cc1ccc(S(=O)(=O)OCC2OCCc3c2ccc2c3COC2=O)c(CC2OCCc3c2ccc2c3COC2=O)c1. The third-order valence-electron chi connectivity index (χ3n) is 8.37. The summed E-state index contributed by atoms with van der Waals surface area (Å²) >= 11 is 0. The summed E-state index contributed by atoms with van der Waals surface area (Å²) < 4.78 is 55.3. The first-order chi connectivity index (χ1) is 19.8. The molecule has 4 aliphatic rings. The van der Waals surface area contributed by atoms with Crippen LogP contribution in [0.5, 0.6) is 0 Å². The highest BCUT2D eigenvalue weighted by Crippen LogP contribution is 2.38. The number of hydrogen-bond acceptors (Lipinski definition) is 9. The predicted octanol–water partition coefficient (Wildman–Crippen LogP) is 4.21. The Morgan fingerprint density at radius 2 is 1.37 bits per heavy atom. The van der Waals surface area contributed by atoms with E-state index in [1.54, 1.807) is 30.3 Å². The minimum Gasteiger partial charge on any atom is -0.457 e. The Morgan fingerprint density at radius 1 is 0.780 bits per heavy atom. The standard InChI is InChI=1S/C31H28O9S/c1-17-2-7-29(18(12-17)13-27-21-3-5-23-25(14-38-30(23)32)19(21)8-10-36-27)41(34,35)40-16-28-22-4-6-24-26(15-39-31(24)33)20(22)9-11-37-28/h2-7,12,27-28H,8-11,13-16H2,1H3. The number of benzene rings is 3. The molecule has 0 fully saturated rings. The zero-order valence-corrected chi connectivity index (χ0v) is 23.3. The van der Waals surface area contributed by atoms with Crippen molar-refractivity contribution in [1.29, 1.82) is 0 Å². The number of cyclic esters (lactones) is 2. The second-order valence-corrected chi connectivity index (χ2v) is 12.3. The van der Waals surface area contributed by atoms with Gasteiger partial charge in [-0.25, -0.2) is 9.59 Å². The summed E-state index contributed by atoms with van der Waals surface area (Å²) in [6, 6.07) is 12.3. The summed E-state index contributed by atoms with van der Waals surface area (Å²) in [6.07, 6.45) is 0.635. The molecule has 0 saturated heterocycles. The molecule has 4 heterocycles.